The zero-order valence-corrected chi connectivity index (χ0v) is 11.8. The van der Waals surface area contributed by atoms with Crippen LogP contribution in [-0.4, -0.2) is 28.6 Å². The van der Waals surface area contributed by atoms with Gasteiger partial charge >= 0.3 is 0 Å². The monoisotopic (exact) mass is 287 g/mol. The van der Waals surface area contributed by atoms with Crippen LogP contribution in [0.5, 0.6) is 0 Å². The second-order valence-corrected chi connectivity index (χ2v) is 5.37. The van der Waals surface area contributed by atoms with Gasteiger partial charge in [0, 0.05) is 5.69 Å². The van der Waals surface area contributed by atoms with Crippen molar-refractivity contribution in [3.63, 3.8) is 0 Å². The largest absolute Gasteiger partial charge is 0.368 e. The van der Waals surface area contributed by atoms with Crippen LogP contribution >= 0.6 is 0 Å². The number of hydrogen-bond acceptors (Lipinski definition) is 4. The summed E-state index contributed by atoms with van der Waals surface area (Å²) < 4.78 is 5.52. The molecular formula is C15H17N3O3. The number of fused-ring (bicyclic) bond motifs is 1. The third-order valence-electron chi connectivity index (χ3n) is 3.56. The molecule has 1 aliphatic carbocycles. The van der Waals surface area contributed by atoms with Crippen LogP contribution in [0.2, 0.25) is 0 Å². The Morgan fingerprint density at radius 3 is 3.10 bits per heavy atom. The summed E-state index contributed by atoms with van der Waals surface area (Å²) in [5.41, 5.74) is 0.928. The van der Waals surface area contributed by atoms with Gasteiger partial charge in [-0.3, -0.25) is 9.59 Å². The summed E-state index contributed by atoms with van der Waals surface area (Å²) in [4.78, 5) is 30.3. The standard InChI is InChI=1S/C15H17N3O3/c1-9(21-7-10-2-3-10)14(19)18-11-4-5-13-12(6-11)15(20)17-8-16-13/h4-6,8-10H,2-3,7H2,1H3,(H,18,19)(H,16,17,20)/t9-/m1/s1. The van der Waals surface area contributed by atoms with Crippen LogP contribution in [0.4, 0.5) is 5.69 Å². The molecule has 0 unspecified atom stereocenters. The van der Waals surface area contributed by atoms with Crippen LogP contribution in [0.15, 0.2) is 29.3 Å². The SMILES string of the molecule is C[C@@H](OCC1CC1)C(=O)Nc1ccc2nc[nH]c(=O)c2c1. The van der Waals surface area contributed by atoms with E-state index < -0.39 is 6.10 Å². The van der Waals surface area contributed by atoms with Crippen molar-refractivity contribution in [1.29, 1.82) is 0 Å². The minimum Gasteiger partial charge on any atom is -0.368 e. The molecule has 0 saturated heterocycles. The maximum atomic E-state index is 12.0. The van der Waals surface area contributed by atoms with Gasteiger partial charge in [-0.05, 0) is 43.9 Å². The molecule has 110 valence electrons. The molecule has 1 aliphatic rings. The lowest BCUT2D eigenvalue weighted by atomic mass is 10.2. The number of ether oxygens (including phenoxy) is 1. The molecule has 21 heavy (non-hydrogen) atoms. The number of aromatic amines is 1. The fraction of sp³-hybridized carbons (Fsp3) is 0.400. The number of anilines is 1. The summed E-state index contributed by atoms with van der Waals surface area (Å²) in [6.07, 6.45) is 3.23. The Bertz CT molecular complexity index is 721. The predicted molar refractivity (Wildman–Crippen MR) is 79.1 cm³/mol. The average Bonchev–Trinajstić information content (AvgIpc) is 3.30. The van der Waals surface area contributed by atoms with Gasteiger partial charge in [-0.2, -0.15) is 0 Å². The number of nitrogens with zero attached hydrogens (tertiary/aromatic N) is 1. The number of rotatable bonds is 5. The summed E-state index contributed by atoms with van der Waals surface area (Å²) in [5.74, 6) is 0.404. The van der Waals surface area contributed by atoms with Crippen LogP contribution in [0.3, 0.4) is 0 Å². The van der Waals surface area contributed by atoms with E-state index in [1.807, 2.05) is 0 Å². The number of hydrogen-bond donors (Lipinski definition) is 2. The van der Waals surface area contributed by atoms with Gasteiger partial charge in [0.05, 0.1) is 23.8 Å². The lowest BCUT2D eigenvalue weighted by molar-refractivity contribution is -0.126. The molecule has 0 aliphatic heterocycles. The summed E-state index contributed by atoms with van der Waals surface area (Å²) >= 11 is 0. The molecule has 2 N–H and O–H groups in total. The summed E-state index contributed by atoms with van der Waals surface area (Å²) in [5, 5.41) is 3.21. The third kappa shape index (κ3) is 3.28. The first kappa shape index (κ1) is 13.8. The van der Waals surface area contributed by atoms with E-state index in [9.17, 15) is 9.59 Å². The molecule has 0 spiro atoms. The van der Waals surface area contributed by atoms with E-state index >= 15 is 0 Å². The number of carbonyl (C=O) groups excluding carboxylic acids is 1. The van der Waals surface area contributed by atoms with E-state index in [-0.39, 0.29) is 11.5 Å². The molecule has 1 aromatic carbocycles. The Morgan fingerprint density at radius 1 is 1.52 bits per heavy atom. The van der Waals surface area contributed by atoms with Crippen LogP contribution in [-0.2, 0) is 9.53 Å². The lowest BCUT2D eigenvalue weighted by Crippen LogP contribution is -2.28. The van der Waals surface area contributed by atoms with Crippen molar-refractivity contribution in [2.24, 2.45) is 5.92 Å². The van der Waals surface area contributed by atoms with Gasteiger partial charge in [0.2, 0.25) is 0 Å². The molecule has 2 aromatic rings. The van der Waals surface area contributed by atoms with Gasteiger partial charge in [-0.1, -0.05) is 0 Å². The van der Waals surface area contributed by atoms with Gasteiger partial charge in [-0.15, -0.1) is 0 Å². The van der Waals surface area contributed by atoms with Gasteiger partial charge in [0.1, 0.15) is 6.10 Å². The van der Waals surface area contributed by atoms with E-state index in [1.165, 1.54) is 19.2 Å². The zero-order chi connectivity index (χ0) is 14.8. The number of nitrogens with one attached hydrogen (secondary N) is 2. The van der Waals surface area contributed by atoms with Crippen molar-refractivity contribution in [2.75, 3.05) is 11.9 Å². The zero-order valence-electron chi connectivity index (χ0n) is 11.8. The topological polar surface area (TPSA) is 84.1 Å². The molecular weight excluding hydrogens is 270 g/mol. The predicted octanol–water partition coefficient (Wildman–Crippen LogP) is 1.68. The normalized spacial score (nSPS) is 15.9. The Kier molecular flexibility index (Phi) is 3.70. The van der Waals surface area contributed by atoms with E-state index in [4.69, 9.17) is 4.74 Å². The van der Waals surface area contributed by atoms with E-state index in [1.54, 1.807) is 25.1 Å². The van der Waals surface area contributed by atoms with Crippen molar-refractivity contribution in [3.05, 3.63) is 34.9 Å². The molecule has 1 aromatic heterocycles. The molecule has 6 nitrogen and oxygen atoms in total. The maximum absolute atomic E-state index is 12.0. The molecule has 0 bridgehead atoms. The highest BCUT2D eigenvalue weighted by atomic mass is 16.5. The molecule has 1 amide bonds. The first-order valence-corrected chi connectivity index (χ1v) is 7.03. The molecule has 1 fully saturated rings. The number of carbonyl (C=O) groups is 1. The molecule has 6 heteroatoms. The van der Waals surface area contributed by atoms with Crippen molar-refractivity contribution in [2.45, 2.75) is 25.9 Å². The van der Waals surface area contributed by atoms with E-state index in [0.29, 0.717) is 29.1 Å². The first-order valence-electron chi connectivity index (χ1n) is 7.03. The quantitative estimate of drug-likeness (QED) is 0.876. The maximum Gasteiger partial charge on any atom is 0.258 e. The Labute approximate surface area is 121 Å². The van der Waals surface area contributed by atoms with Crippen molar-refractivity contribution < 1.29 is 9.53 Å². The molecule has 1 saturated carbocycles. The number of aromatic nitrogens is 2. The fourth-order valence-corrected chi connectivity index (χ4v) is 2.03. The second kappa shape index (κ2) is 5.65. The van der Waals surface area contributed by atoms with Gasteiger partial charge in [0.25, 0.3) is 11.5 Å². The van der Waals surface area contributed by atoms with Gasteiger partial charge in [0.15, 0.2) is 0 Å². The Balaban J connectivity index is 1.70. The van der Waals surface area contributed by atoms with Crippen molar-refractivity contribution in [3.8, 4) is 0 Å². The third-order valence-corrected chi connectivity index (χ3v) is 3.56. The van der Waals surface area contributed by atoms with Crippen LogP contribution in [0.1, 0.15) is 19.8 Å². The Hall–Kier alpha value is -2.21. The highest BCUT2D eigenvalue weighted by molar-refractivity contribution is 5.95. The van der Waals surface area contributed by atoms with Gasteiger partial charge < -0.3 is 15.0 Å². The highest BCUT2D eigenvalue weighted by Crippen LogP contribution is 2.29. The summed E-state index contributed by atoms with van der Waals surface area (Å²) in [6.45, 7) is 2.36. The minimum absolute atomic E-state index is 0.213. The number of H-pyrrole nitrogens is 1. The lowest BCUT2D eigenvalue weighted by Gasteiger charge is -2.13. The van der Waals surface area contributed by atoms with Gasteiger partial charge in [-0.25, -0.2) is 4.98 Å². The molecule has 3 rings (SSSR count). The van der Waals surface area contributed by atoms with Crippen molar-refractivity contribution >= 4 is 22.5 Å². The summed E-state index contributed by atoms with van der Waals surface area (Å²) in [6, 6.07) is 5.04. The van der Waals surface area contributed by atoms with Crippen LogP contribution in [0.25, 0.3) is 10.9 Å². The second-order valence-electron chi connectivity index (χ2n) is 5.37. The average molecular weight is 287 g/mol. The summed E-state index contributed by atoms with van der Waals surface area (Å²) in [7, 11) is 0. The fourth-order valence-electron chi connectivity index (χ4n) is 2.03. The first-order chi connectivity index (χ1) is 10.1. The van der Waals surface area contributed by atoms with Crippen molar-refractivity contribution in [1.82, 2.24) is 9.97 Å². The Morgan fingerprint density at radius 2 is 2.33 bits per heavy atom. The molecule has 1 atom stereocenters. The smallest absolute Gasteiger partial charge is 0.258 e. The van der Waals surface area contributed by atoms with E-state index in [2.05, 4.69) is 15.3 Å². The molecule has 0 radical (unpaired) electrons. The molecule has 1 heterocycles. The van der Waals surface area contributed by atoms with Crippen LogP contribution < -0.4 is 10.9 Å². The van der Waals surface area contributed by atoms with Crippen LogP contribution in [0, 0.1) is 5.92 Å². The number of amides is 1. The highest BCUT2D eigenvalue weighted by Gasteiger charge is 2.24. The number of benzene rings is 1. The minimum atomic E-state index is -0.506. The van der Waals surface area contributed by atoms with E-state index in [0.717, 1.165) is 0 Å².